The molecule has 0 saturated carbocycles. The highest BCUT2D eigenvalue weighted by molar-refractivity contribution is 6.48. The van der Waals surface area contributed by atoms with Crippen LogP contribution >= 0.6 is 0 Å². The molecule has 1 aromatic carbocycles. The van der Waals surface area contributed by atoms with Gasteiger partial charge in [-0.05, 0) is 113 Å². The van der Waals surface area contributed by atoms with E-state index in [1.807, 2.05) is 24.4 Å². The van der Waals surface area contributed by atoms with Crippen LogP contribution in [0.25, 0.3) is 11.1 Å². The quantitative estimate of drug-likeness (QED) is 0.309. The van der Waals surface area contributed by atoms with Crippen LogP contribution in [0, 0.1) is 11.3 Å². The molecule has 38 heavy (non-hydrogen) atoms. The van der Waals surface area contributed by atoms with Crippen LogP contribution in [0.2, 0.25) is 0 Å². The lowest BCUT2D eigenvalue weighted by Gasteiger charge is -2.30. The molecule has 2 aromatic heterocycles. The molecule has 8 heteroatoms. The van der Waals surface area contributed by atoms with E-state index in [1.54, 1.807) is 24.5 Å². The molecule has 198 valence electrons. The first-order valence-corrected chi connectivity index (χ1v) is 13.5. The van der Waals surface area contributed by atoms with Crippen LogP contribution in [0.5, 0.6) is 0 Å². The highest BCUT2D eigenvalue weighted by atomic mass is 16.1. The number of pyridine rings is 2. The lowest BCUT2D eigenvalue weighted by atomic mass is 9.95. The van der Waals surface area contributed by atoms with Gasteiger partial charge in [0.2, 0.25) is 0 Å². The third kappa shape index (κ3) is 6.44. The Morgan fingerprint density at radius 1 is 1.03 bits per heavy atom. The Hall–Kier alpha value is -3.62. The van der Waals surface area contributed by atoms with Gasteiger partial charge in [-0.2, -0.15) is 0 Å². The first-order chi connectivity index (χ1) is 18.4. The molecule has 0 bridgehead atoms. The van der Waals surface area contributed by atoms with Crippen molar-refractivity contribution >= 4 is 23.0 Å². The molecule has 1 amide bonds. The fourth-order valence-electron chi connectivity index (χ4n) is 5.23. The van der Waals surface area contributed by atoms with Crippen molar-refractivity contribution in [2.24, 2.45) is 5.92 Å². The summed E-state index contributed by atoms with van der Waals surface area (Å²) in [6, 6.07) is 11.4. The number of aromatic nitrogens is 2. The lowest BCUT2D eigenvalue weighted by Crippen LogP contribution is -2.36. The Kier molecular flexibility index (Phi) is 8.10. The van der Waals surface area contributed by atoms with Crippen LogP contribution in [-0.2, 0) is 17.8 Å². The Labute approximate surface area is 224 Å². The molecule has 1 atom stereocenters. The summed E-state index contributed by atoms with van der Waals surface area (Å²) in [6.07, 6.45) is 11.2. The van der Waals surface area contributed by atoms with Gasteiger partial charge in [0.15, 0.2) is 0 Å². The number of nitrogens with two attached hydrogens (primary N) is 1. The third-order valence-electron chi connectivity index (χ3n) is 7.68. The Morgan fingerprint density at radius 3 is 2.66 bits per heavy atom. The summed E-state index contributed by atoms with van der Waals surface area (Å²) in [5.74, 6) is 0.128. The zero-order valence-electron chi connectivity index (χ0n) is 22.1. The van der Waals surface area contributed by atoms with Crippen LogP contribution in [0.15, 0.2) is 55.0 Å². The second kappa shape index (κ2) is 11.8. The summed E-state index contributed by atoms with van der Waals surface area (Å²) < 4.78 is 0. The maximum atomic E-state index is 13.0. The smallest absolute Gasteiger partial charge is 0.274 e. The molecular weight excluding hydrogens is 474 g/mol. The number of benzene rings is 1. The van der Waals surface area contributed by atoms with Crippen molar-refractivity contribution in [3.8, 4) is 11.1 Å². The van der Waals surface area contributed by atoms with E-state index >= 15 is 0 Å². The molecule has 4 N–H and O–H groups in total. The van der Waals surface area contributed by atoms with Crippen LogP contribution < -0.4 is 11.1 Å². The van der Waals surface area contributed by atoms with E-state index in [4.69, 9.17) is 11.1 Å². The maximum Gasteiger partial charge on any atom is 0.274 e. The number of nitrogen functional groups attached to an aromatic ring is 1. The van der Waals surface area contributed by atoms with Gasteiger partial charge in [-0.25, -0.2) is 0 Å². The minimum Gasteiger partial charge on any atom is -0.398 e. The van der Waals surface area contributed by atoms with Crippen molar-refractivity contribution in [1.82, 2.24) is 19.8 Å². The highest BCUT2D eigenvalue weighted by Gasteiger charge is 2.19. The number of carbonyl (C=O) groups is 1. The van der Waals surface area contributed by atoms with E-state index in [0.717, 1.165) is 61.5 Å². The van der Waals surface area contributed by atoms with Crippen LogP contribution in [0.3, 0.4) is 0 Å². The summed E-state index contributed by atoms with van der Waals surface area (Å²) in [4.78, 5) is 26.7. The number of rotatable bonds is 8. The van der Waals surface area contributed by atoms with Gasteiger partial charge in [-0.15, -0.1) is 0 Å². The number of hydrogen-bond acceptors (Lipinski definition) is 7. The summed E-state index contributed by atoms with van der Waals surface area (Å²) in [5, 5.41) is 11.4. The number of likely N-dealkylation sites (tertiary alicyclic amines) is 2. The molecule has 2 saturated heterocycles. The summed E-state index contributed by atoms with van der Waals surface area (Å²) in [6.45, 7) is 5.42. The van der Waals surface area contributed by atoms with Gasteiger partial charge in [-0.1, -0.05) is 6.07 Å². The van der Waals surface area contributed by atoms with Crippen molar-refractivity contribution in [2.45, 2.75) is 38.6 Å². The molecule has 4 heterocycles. The highest BCUT2D eigenvalue weighted by Crippen LogP contribution is 2.26. The summed E-state index contributed by atoms with van der Waals surface area (Å²) >= 11 is 0. The van der Waals surface area contributed by atoms with Crippen LogP contribution in [0.4, 0.5) is 11.4 Å². The Bertz CT molecular complexity index is 1290. The van der Waals surface area contributed by atoms with Gasteiger partial charge < -0.3 is 16.0 Å². The van der Waals surface area contributed by atoms with E-state index < -0.39 is 5.91 Å². The van der Waals surface area contributed by atoms with Gasteiger partial charge >= 0.3 is 0 Å². The van der Waals surface area contributed by atoms with E-state index in [2.05, 4.69) is 38.2 Å². The molecule has 2 aliphatic rings. The second-order valence-electron chi connectivity index (χ2n) is 10.7. The fourth-order valence-corrected chi connectivity index (χ4v) is 5.23. The molecule has 5 rings (SSSR count). The van der Waals surface area contributed by atoms with Gasteiger partial charge in [-0.3, -0.25) is 25.1 Å². The molecular formula is C30H37N7O. The van der Waals surface area contributed by atoms with Crippen molar-refractivity contribution in [3.63, 3.8) is 0 Å². The van der Waals surface area contributed by atoms with E-state index in [-0.39, 0.29) is 5.71 Å². The minimum atomic E-state index is -0.514. The van der Waals surface area contributed by atoms with Crippen molar-refractivity contribution in [3.05, 3.63) is 71.8 Å². The predicted molar refractivity (Wildman–Crippen MR) is 152 cm³/mol. The topological polar surface area (TPSA) is 111 Å². The minimum absolute atomic E-state index is 0.180. The number of carbonyl (C=O) groups excluding carboxylic acids is 1. The fraction of sp³-hybridized carbons (Fsp3) is 0.400. The molecule has 8 nitrogen and oxygen atoms in total. The van der Waals surface area contributed by atoms with Crippen molar-refractivity contribution in [2.75, 3.05) is 44.3 Å². The SMILES string of the molecule is CN1CCCC(Cc2ccc(NC(=O)C(=N)c3cc(-c4cncc(CN5CCC5)c4)ccc3N)cn2)CC1. The first kappa shape index (κ1) is 26.0. The molecule has 3 aromatic rings. The van der Waals surface area contributed by atoms with Gasteiger partial charge in [0.1, 0.15) is 5.71 Å². The summed E-state index contributed by atoms with van der Waals surface area (Å²) in [7, 11) is 2.18. The normalized spacial score (nSPS) is 18.4. The van der Waals surface area contributed by atoms with E-state index in [0.29, 0.717) is 22.9 Å². The number of nitrogens with zero attached hydrogens (tertiary/aromatic N) is 4. The average molecular weight is 512 g/mol. The third-order valence-corrected chi connectivity index (χ3v) is 7.68. The molecule has 2 aliphatic heterocycles. The largest absolute Gasteiger partial charge is 0.398 e. The van der Waals surface area contributed by atoms with Gasteiger partial charge in [0.25, 0.3) is 5.91 Å². The van der Waals surface area contributed by atoms with Crippen LogP contribution in [-0.4, -0.2) is 64.6 Å². The number of hydrogen-bond donors (Lipinski definition) is 3. The zero-order chi connectivity index (χ0) is 26.5. The standard InChI is InChI=1S/C30H37N7O/c1-36-10-2-4-21(9-13-36)15-25-6-7-26(19-34-25)35-30(38)29(32)27-16-23(5-8-28(27)31)24-14-22(17-33-18-24)20-37-11-3-12-37/h5-8,14,16-19,21,32H,2-4,9-13,15,20,31H2,1H3,(H,35,38). The Morgan fingerprint density at radius 2 is 1.89 bits per heavy atom. The average Bonchev–Trinajstić information content (AvgIpc) is 3.11. The molecule has 1 unspecified atom stereocenters. The van der Waals surface area contributed by atoms with Crippen LogP contribution in [0.1, 0.15) is 42.5 Å². The monoisotopic (exact) mass is 511 g/mol. The molecule has 2 fully saturated rings. The van der Waals surface area contributed by atoms with E-state index in [9.17, 15) is 4.79 Å². The van der Waals surface area contributed by atoms with Crippen molar-refractivity contribution in [1.29, 1.82) is 5.41 Å². The first-order valence-electron chi connectivity index (χ1n) is 13.5. The lowest BCUT2D eigenvalue weighted by molar-refractivity contribution is -0.110. The second-order valence-corrected chi connectivity index (χ2v) is 10.7. The van der Waals surface area contributed by atoms with Crippen molar-refractivity contribution < 1.29 is 4.79 Å². The molecule has 0 radical (unpaired) electrons. The maximum absolute atomic E-state index is 13.0. The number of nitrogens with one attached hydrogen (secondary N) is 2. The number of amides is 1. The van der Waals surface area contributed by atoms with Gasteiger partial charge in [0.05, 0.1) is 11.9 Å². The predicted octanol–water partition coefficient (Wildman–Crippen LogP) is 4.21. The number of anilines is 2. The summed E-state index contributed by atoms with van der Waals surface area (Å²) in [5.41, 5.74) is 11.4. The Balaban J connectivity index is 1.23. The zero-order valence-corrected chi connectivity index (χ0v) is 22.1. The molecule has 0 spiro atoms. The van der Waals surface area contributed by atoms with E-state index in [1.165, 1.54) is 25.7 Å². The molecule has 0 aliphatic carbocycles. The van der Waals surface area contributed by atoms with Gasteiger partial charge in [0, 0.05) is 41.4 Å².